The molecule has 1 rings (SSSR count). The van der Waals surface area contributed by atoms with E-state index >= 15 is 0 Å². The quantitative estimate of drug-likeness (QED) is 0.469. The molecule has 3 nitrogen and oxygen atoms in total. The monoisotopic (exact) mass is 379 g/mol. The number of guanidine groups is 1. The van der Waals surface area contributed by atoms with Crippen molar-refractivity contribution in [3.8, 4) is 0 Å². The lowest BCUT2D eigenvalue weighted by Gasteiger charge is -2.13. The first-order valence-electron chi connectivity index (χ1n) is 6.30. The smallest absolute Gasteiger partial charge is 0.190 e. The van der Waals surface area contributed by atoms with Crippen LogP contribution in [0.15, 0.2) is 29.3 Å². The molecule has 0 fully saturated rings. The molecule has 0 aliphatic heterocycles. The van der Waals surface area contributed by atoms with Gasteiger partial charge in [0.25, 0.3) is 0 Å². The zero-order valence-electron chi connectivity index (χ0n) is 11.7. The largest absolute Gasteiger partial charge is 0.356 e. The van der Waals surface area contributed by atoms with E-state index in [1.165, 1.54) is 12.1 Å². The molecule has 5 heteroatoms. The third-order valence-electron chi connectivity index (χ3n) is 2.52. The Kier molecular flexibility index (Phi) is 9.55. The number of nitrogens with one attached hydrogen (secondary N) is 2. The van der Waals surface area contributed by atoms with E-state index in [1.54, 1.807) is 19.2 Å². The van der Waals surface area contributed by atoms with Crippen molar-refractivity contribution in [3.63, 3.8) is 0 Å². The summed E-state index contributed by atoms with van der Waals surface area (Å²) in [5.41, 5.74) is 1.11. The van der Waals surface area contributed by atoms with Gasteiger partial charge in [0.2, 0.25) is 0 Å². The highest BCUT2D eigenvalue weighted by Gasteiger charge is 1.99. The number of benzene rings is 1. The Morgan fingerprint density at radius 2 is 1.84 bits per heavy atom. The van der Waals surface area contributed by atoms with Gasteiger partial charge >= 0.3 is 0 Å². The molecule has 0 unspecified atom stereocenters. The van der Waals surface area contributed by atoms with E-state index in [4.69, 9.17) is 0 Å². The van der Waals surface area contributed by atoms with Gasteiger partial charge in [-0.3, -0.25) is 4.99 Å². The molecule has 1 aromatic carbocycles. The number of nitrogens with zero attached hydrogens (tertiary/aromatic N) is 1. The average molecular weight is 379 g/mol. The molecule has 0 aliphatic rings. The summed E-state index contributed by atoms with van der Waals surface area (Å²) in [7, 11) is 1.76. The topological polar surface area (TPSA) is 36.4 Å². The Labute approximate surface area is 132 Å². The second-order valence-electron chi connectivity index (χ2n) is 4.65. The SMILES string of the molecule is CN=C(NCCc1ccc(F)cc1)NCC(C)C.I. The third-order valence-corrected chi connectivity index (χ3v) is 2.52. The summed E-state index contributed by atoms with van der Waals surface area (Å²) in [4.78, 5) is 4.14. The summed E-state index contributed by atoms with van der Waals surface area (Å²) >= 11 is 0. The predicted molar refractivity (Wildman–Crippen MR) is 89.7 cm³/mol. The molecule has 2 N–H and O–H groups in total. The summed E-state index contributed by atoms with van der Waals surface area (Å²) in [6.07, 6.45) is 0.850. The molecule has 0 saturated heterocycles. The Balaban J connectivity index is 0.00000324. The second-order valence-corrected chi connectivity index (χ2v) is 4.65. The summed E-state index contributed by atoms with van der Waals surface area (Å²) < 4.78 is 12.7. The molecular weight excluding hydrogens is 356 g/mol. The highest BCUT2D eigenvalue weighted by molar-refractivity contribution is 14.0. The molecular formula is C14H23FIN3. The molecule has 0 amide bonds. The van der Waals surface area contributed by atoms with Gasteiger partial charge in [0.15, 0.2) is 5.96 Å². The Morgan fingerprint density at radius 3 is 2.37 bits per heavy atom. The van der Waals surface area contributed by atoms with Gasteiger partial charge in [-0.25, -0.2) is 4.39 Å². The lowest BCUT2D eigenvalue weighted by Crippen LogP contribution is -2.39. The molecule has 0 bridgehead atoms. The van der Waals surface area contributed by atoms with Crippen LogP contribution < -0.4 is 10.6 Å². The molecule has 108 valence electrons. The van der Waals surface area contributed by atoms with Crippen molar-refractivity contribution in [2.45, 2.75) is 20.3 Å². The van der Waals surface area contributed by atoms with Gasteiger partial charge in [0.1, 0.15) is 5.82 Å². The van der Waals surface area contributed by atoms with Gasteiger partial charge in [-0.15, -0.1) is 24.0 Å². The van der Waals surface area contributed by atoms with Gasteiger partial charge in [-0.2, -0.15) is 0 Å². The summed E-state index contributed by atoms with van der Waals surface area (Å²) in [6, 6.07) is 6.59. The molecule has 0 heterocycles. The van der Waals surface area contributed by atoms with Crippen molar-refractivity contribution >= 4 is 29.9 Å². The van der Waals surface area contributed by atoms with Crippen LogP contribution >= 0.6 is 24.0 Å². The van der Waals surface area contributed by atoms with Crippen LogP contribution in [0, 0.1) is 11.7 Å². The van der Waals surface area contributed by atoms with Crippen LogP contribution in [0.4, 0.5) is 4.39 Å². The first-order valence-corrected chi connectivity index (χ1v) is 6.30. The maximum atomic E-state index is 12.7. The van der Waals surface area contributed by atoms with E-state index in [-0.39, 0.29) is 29.8 Å². The van der Waals surface area contributed by atoms with Gasteiger partial charge in [-0.05, 0) is 30.0 Å². The summed E-state index contributed by atoms with van der Waals surface area (Å²) in [5, 5.41) is 6.48. The van der Waals surface area contributed by atoms with Gasteiger partial charge < -0.3 is 10.6 Å². The first-order chi connectivity index (χ1) is 8.61. The van der Waals surface area contributed by atoms with E-state index in [1.807, 2.05) is 0 Å². The standard InChI is InChI=1S/C14H22FN3.HI/c1-11(2)10-18-14(16-3)17-9-8-12-4-6-13(15)7-5-12;/h4-7,11H,8-10H2,1-3H3,(H2,16,17,18);1H. The van der Waals surface area contributed by atoms with Crippen molar-refractivity contribution in [3.05, 3.63) is 35.6 Å². The van der Waals surface area contributed by atoms with E-state index in [0.29, 0.717) is 5.92 Å². The molecule has 0 saturated carbocycles. The highest BCUT2D eigenvalue weighted by Crippen LogP contribution is 2.02. The molecule has 19 heavy (non-hydrogen) atoms. The fourth-order valence-corrected chi connectivity index (χ4v) is 1.50. The minimum Gasteiger partial charge on any atom is -0.356 e. The fraction of sp³-hybridized carbons (Fsp3) is 0.500. The van der Waals surface area contributed by atoms with Crippen LogP contribution in [-0.4, -0.2) is 26.1 Å². The van der Waals surface area contributed by atoms with E-state index in [0.717, 1.165) is 31.0 Å². The van der Waals surface area contributed by atoms with Crippen LogP contribution in [0.25, 0.3) is 0 Å². The molecule has 0 aliphatic carbocycles. The predicted octanol–water partition coefficient (Wildman–Crippen LogP) is 2.81. The van der Waals surface area contributed by atoms with E-state index in [2.05, 4.69) is 29.5 Å². The lowest BCUT2D eigenvalue weighted by molar-refractivity contribution is 0.614. The summed E-state index contributed by atoms with van der Waals surface area (Å²) in [5.74, 6) is 1.20. The van der Waals surface area contributed by atoms with Crippen molar-refractivity contribution in [1.82, 2.24) is 10.6 Å². The normalized spacial score (nSPS) is 11.1. The van der Waals surface area contributed by atoms with Crippen LogP contribution in [0.1, 0.15) is 19.4 Å². The summed E-state index contributed by atoms with van der Waals surface area (Å²) in [6.45, 7) is 5.98. The Morgan fingerprint density at radius 1 is 1.21 bits per heavy atom. The fourth-order valence-electron chi connectivity index (χ4n) is 1.50. The molecule has 0 aromatic heterocycles. The van der Waals surface area contributed by atoms with Crippen LogP contribution in [0.5, 0.6) is 0 Å². The minimum atomic E-state index is -0.193. The van der Waals surface area contributed by atoms with Crippen molar-refractivity contribution < 1.29 is 4.39 Å². The van der Waals surface area contributed by atoms with Crippen molar-refractivity contribution in [2.75, 3.05) is 20.1 Å². The molecule has 0 radical (unpaired) electrons. The van der Waals surface area contributed by atoms with Crippen LogP contribution in [0.2, 0.25) is 0 Å². The zero-order valence-corrected chi connectivity index (χ0v) is 14.1. The molecule has 0 atom stereocenters. The third kappa shape index (κ3) is 8.02. The van der Waals surface area contributed by atoms with Gasteiger partial charge in [-0.1, -0.05) is 26.0 Å². The number of hydrogen-bond donors (Lipinski definition) is 2. The lowest BCUT2D eigenvalue weighted by atomic mass is 10.1. The second kappa shape index (κ2) is 10.00. The number of halogens is 2. The molecule has 0 spiro atoms. The van der Waals surface area contributed by atoms with Gasteiger partial charge in [0.05, 0.1) is 0 Å². The van der Waals surface area contributed by atoms with Crippen LogP contribution in [-0.2, 0) is 6.42 Å². The van der Waals surface area contributed by atoms with E-state index < -0.39 is 0 Å². The maximum Gasteiger partial charge on any atom is 0.190 e. The highest BCUT2D eigenvalue weighted by atomic mass is 127. The van der Waals surface area contributed by atoms with Crippen LogP contribution in [0.3, 0.4) is 0 Å². The Bertz CT molecular complexity index is 377. The Hall–Kier alpha value is -0.850. The number of hydrogen-bond acceptors (Lipinski definition) is 1. The van der Waals surface area contributed by atoms with Crippen molar-refractivity contribution in [1.29, 1.82) is 0 Å². The first kappa shape index (κ1) is 18.1. The van der Waals surface area contributed by atoms with Gasteiger partial charge in [0, 0.05) is 20.1 Å². The number of aliphatic imine (C=N–C) groups is 1. The minimum absolute atomic E-state index is 0. The maximum absolute atomic E-state index is 12.7. The average Bonchev–Trinajstić information content (AvgIpc) is 2.35. The molecule has 1 aromatic rings. The van der Waals surface area contributed by atoms with E-state index in [9.17, 15) is 4.39 Å². The number of rotatable bonds is 5. The zero-order chi connectivity index (χ0) is 13.4. The van der Waals surface area contributed by atoms with Crippen molar-refractivity contribution in [2.24, 2.45) is 10.9 Å².